The van der Waals surface area contributed by atoms with Gasteiger partial charge in [0.2, 0.25) is 0 Å². The lowest BCUT2D eigenvalue weighted by Gasteiger charge is -2.33. The van der Waals surface area contributed by atoms with E-state index in [4.69, 9.17) is 4.42 Å². The van der Waals surface area contributed by atoms with Gasteiger partial charge in [0, 0.05) is 7.05 Å². The topological polar surface area (TPSA) is 53.7 Å². The van der Waals surface area contributed by atoms with Crippen molar-refractivity contribution in [1.29, 1.82) is 0 Å². The van der Waals surface area contributed by atoms with Crippen molar-refractivity contribution in [2.24, 2.45) is 0 Å². The highest BCUT2D eigenvalue weighted by molar-refractivity contribution is 5.95. The molecular formula is C12H19NO3. The number of carbonyl (C=O) groups is 1. The first-order chi connectivity index (χ1) is 7.29. The van der Waals surface area contributed by atoms with E-state index < -0.39 is 5.54 Å². The van der Waals surface area contributed by atoms with Gasteiger partial charge in [0.05, 0.1) is 17.7 Å². The van der Waals surface area contributed by atoms with Crippen LogP contribution in [0, 0.1) is 13.8 Å². The van der Waals surface area contributed by atoms with E-state index in [0.717, 1.165) is 5.76 Å². The summed E-state index contributed by atoms with van der Waals surface area (Å²) in [6, 6.07) is 1.72. The molecule has 0 atom stereocenters. The van der Waals surface area contributed by atoms with Gasteiger partial charge in [0.15, 0.2) is 0 Å². The van der Waals surface area contributed by atoms with Crippen molar-refractivity contribution >= 4 is 5.91 Å². The second-order valence-electron chi connectivity index (χ2n) is 4.66. The maximum absolute atomic E-state index is 12.1. The van der Waals surface area contributed by atoms with Crippen molar-refractivity contribution in [3.8, 4) is 0 Å². The van der Waals surface area contributed by atoms with E-state index in [9.17, 15) is 9.90 Å². The lowest BCUT2D eigenvalue weighted by molar-refractivity contribution is 0.0471. The van der Waals surface area contributed by atoms with Crippen molar-refractivity contribution in [2.45, 2.75) is 33.2 Å². The minimum Gasteiger partial charge on any atom is -0.466 e. The minimum atomic E-state index is -0.575. The molecule has 0 fully saturated rings. The summed E-state index contributed by atoms with van der Waals surface area (Å²) in [5, 5.41) is 9.22. The maximum Gasteiger partial charge on any atom is 0.257 e. The predicted molar refractivity (Wildman–Crippen MR) is 61.4 cm³/mol. The van der Waals surface area contributed by atoms with Crippen LogP contribution in [0.4, 0.5) is 0 Å². The van der Waals surface area contributed by atoms with Gasteiger partial charge in [-0.15, -0.1) is 0 Å². The molecule has 1 aromatic heterocycles. The van der Waals surface area contributed by atoms with Crippen LogP contribution in [0.25, 0.3) is 0 Å². The molecule has 0 radical (unpaired) electrons. The molecule has 1 aromatic rings. The molecule has 0 unspecified atom stereocenters. The summed E-state index contributed by atoms with van der Waals surface area (Å²) in [6.45, 7) is 7.12. The summed E-state index contributed by atoms with van der Waals surface area (Å²) in [4.78, 5) is 13.7. The van der Waals surface area contributed by atoms with Gasteiger partial charge in [0.25, 0.3) is 5.91 Å². The zero-order valence-electron chi connectivity index (χ0n) is 10.5. The van der Waals surface area contributed by atoms with Gasteiger partial charge in [-0.05, 0) is 33.8 Å². The smallest absolute Gasteiger partial charge is 0.257 e. The Bertz CT molecular complexity index is 393. The second-order valence-corrected chi connectivity index (χ2v) is 4.66. The molecule has 4 nitrogen and oxygen atoms in total. The first-order valence-electron chi connectivity index (χ1n) is 5.25. The SMILES string of the molecule is Cc1cc(C(=O)N(C)C(C)(C)CO)c(C)o1. The maximum atomic E-state index is 12.1. The van der Waals surface area contributed by atoms with E-state index in [1.807, 2.05) is 13.8 Å². The van der Waals surface area contributed by atoms with E-state index >= 15 is 0 Å². The standard InChI is InChI=1S/C12H19NO3/c1-8-6-10(9(2)16-8)11(15)13(5)12(3,4)7-14/h6,14H,7H2,1-5H3. The van der Waals surface area contributed by atoms with Crippen LogP contribution >= 0.6 is 0 Å². The summed E-state index contributed by atoms with van der Waals surface area (Å²) in [5.74, 6) is 1.20. The van der Waals surface area contributed by atoms with Crippen LogP contribution in [0.15, 0.2) is 10.5 Å². The summed E-state index contributed by atoms with van der Waals surface area (Å²) in [7, 11) is 1.68. The van der Waals surface area contributed by atoms with Crippen LogP contribution < -0.4 is 0 Å². The number of carbonyl (C=O) groups excluding carboxylic acids is 1. The van der Waals surface area contributed by atoms with Gasteiger partial charge >= 0.3 is 0 Å². The van der Waals surface area contributed by atoms with E-state index in [1.54, 1.807) is 27.0 Å². The van der Waals surface area contributed by atoms with Crippen molar-refractivity contribution in [3.63, 3.8) is 0 Å². The highest BCUT2D eigenvalue weighted by Gasteiger charge is 2.29. The first-order valence-corrected chi connectivity index (χ1v) is 5.25. The molecule has 1 rings (SSSR count). The molecule has 0 saturated heterocycles. The number of furan rings is 1. The number of aliphatic hydroxyl groups excluding tert-OH is 1. The lowest BCUT2D eigenvalue weighted by Crippen LogP contribution is -2.47. The van der Waals surface area contributed by atoms with Gasteiger partial charge in [0.1, 0.15) is 11.5 Å². The average molecular weight is 225 g/mol. The third-order valence-corrected chi connectivity index (χ3v) is 2.87. The Balaban J connectivity index is 2.99. The van der Waals surface area contributed by atoms with Crippen molar-refractivity contribution < 1.29 is 14.3 Å². The molecule has 0 bridgehead atoms. The molecule has 16 heavy (non-hydrogen) atoms. The number of nitrogens with zero attached hydrogens (tertiary/aromatic N) is 1. The molecule has 0 saturated carbocycles. The molecule has 90 valence electrons. The highest BCUT2D eigenvalue weighted by atomic mass is 16.3. The van der Waals surface area contributed by atoms with Crippen LogP contribution in [0.5, 0.6) is 0 Å². The summed E-state index contributed by atoms with van der Waals surface area (Å²) in [6.07, 6.45) is 0. The molecule has 1 amide bonds. The van der Waals surface area contributed by atoms with Crippen molar-refractivity contribution in [3.05, 3.63) is 23.2 Å². The Kier molecular flexibility index (Phi) is 3.43. The Morgan fingerprint density at radius 3 is 2.44 bits per heavy atom. The molecular weight excluding hydrogens is 206 g/mol. The third-order valence-electron chi connectivity index (χ3n) is 2.87. The van der Waals surface area contributed by atoms with E-state index in [1.165, 1.54) is 4.90 Å². The van der Waals surface area contributed by atoms with E-state index in [-0.39, 0.29) is 12.5 Å². The Morgan fingerprint density at radius 1 is 1.50 bits per heavy atom. The van der Waals surface area contributed by atoms with E-state index in [0.29, 0.717) is 11.3 Å². The Labute approximate surface area is 95.9 Å². The van der Waals surface area contributed by atoms with E-state index in [2.05, 4.69) is 0 Å². The number of amides is 1. The monoisotopic (exact) mass is 225 g/mol. The molecule has 0 aliphatic carbocycles. The number of hydrogen-bond acceptors (Lipinski definition) is 3. The molecule has 4 heteroatoms. The van der Waals surface area contributed by atoms with Gasteiger partial charge in [-0.1, -0.05) is 0 Å². The fourth-order valence-corrected chi connectivity index (χ4v) is 1.40. The highest BCUT2D eigenvalue weighted by Crippen LogP contribution is 2.20. The number of aryl methyl sites for hydroxylation is 2. The zero-order chi connectivity index (χ0) is 12.5. The lowest BCUT2D eigenvalue weighted by atomic mass is 10.0. The number of likely N-dealkylation sites (N-methyl/N-ethyl adjacent to an activating group) is 1. The van der Waals surface area contributed by atoms with Crippen molar-refractivity contribution in [2.75, 3.05) is 13.7 Å². The summed E-state index contributed by atoms with van der Waals surface area (Å²) < 4.78 is 5.32. The quantitative estimate of drug-likeness (QED) is 0.852. The number of hydrogen-bond donors (Lipinski definition) is 1. The van der Waals surface area contributed by atoms with Gasteiger partial charge in [-0.3, -0.25) is 4.79 Å². The van der Waals surface area contributed by atoms with Crippen LogP contribution in [-0.2, 0) is 0 Å². The largest absolute Gasteiger partial charge is 0.466 e. The summed E-state index contributed by atoms with van der Waals surface area (Å²) >= 11 is 0. The number of aliphatic hydroxyl groups is 1. The molecule has 1 heterocycles. The van der Waals surface area contributed by atoms with Crippen LogP contribution in [0.1, 0.15) is 35.7 Å². The van der Waals surface area contributed by atoms with Crippen molar-refractivity contribution in [1.82, 2.24) is 4.90 Å². The fourth-order valence-electron chi connectivity index (χ4n) is 1.40. The normalized spacial score (nSPS) is 11.6. The zero-order valence-corrected chi connectivity index (χ0v) is 10.5. The van der Waals surface area contributed by atoms with Gasteiger partial charge in [-0.2, -0.15) is 0 Å². The van der Waals surface area contributed by atoms with Crippen LogP contribution in [-0.4, -0.2) is 35.1 Å². The van der Waals surface area contributed by atoms with Gasteiger partial charge in [-0.25, -0.2) is 0 Å². The minimum absolute atomic E-state index is 0.0783. The Morgan fingerprint density at radius 2 is 2.06 bits per heavy atom. The predicted octanol–water partition coefficient (Wildman–Crippen LogP) is 1.74. The van der Waals surface area contributed by atoms with Crippen LogP contribution in [0.2, 0.25) is 0 Å². The van der Waals surface area contributed by atoms with Gasteiger partial charge < -0.3 is 14.4 Å². The average Bonchev–Trinajstić information content (AvgIpc) is 2.55. The van der Waals surface area contributed by atoms with Crippen LogP contribution in [0.3, 0.4) is 0 Å². The second kappa shape index (κ2) is 4.29. The molecule has 0 spiro atoms. The molecule has 1 N–H and O–H groups in total. The first kappa shape index (κ1) is 12.8. The number of rotatable bonds is 3. The Hall–Kier alpha value is -1.29. The molecule has 0 aliphatic rings. The third kappa shape index (κ3) is 2.27. The summed E-state index contributed by atoms with van der Waals surface area (Å²) in [5.41, 5.74) is -0.0177. The molecule has 0 aromatic carbocycles. The fraction of sp³-hybridized carbons (Fsp3) is 0.583. The molecule has 0 aliphatic heterocycles.